The summed E-state index contributed by atoms with van der Waals surface area (Å²) in [4.78, 5) is 19.5. The molecule has 0 spiro atoms. The van der Waals surface area contributed by atoms with Gasteiger partial charge in [-0.1, -0.05) is 12.1 Å². The van der Waals surface area contributed by atoms with Gasteiger partial charge in [-0.25, -0.2) is 5.10 Å². The number of aliphatic imine (C=N–C) groups is 1. The molecule has 1 saturated heterocycles. The molecule has 2 N–H and O–H groups in total. The van der Waals surface area contributed by atoms with Crippen molar-refractivity contribution in [1.29, 1.82) is 0 Å². The highest BCUT2D eigenvalue weighted by Crippen LogP contribution is 2.42. The maximum absolute atomic E-state index is 14.0. The number of amides is 1. The molecule has 4 aromatic rings. The minimum absolute atomic E-state index is 0.103. The average molecular weight is 607 g/mol. The van der Waals surface area contributed by atoms with Gasteiger partial charge in [-0.2, -0.15) is 36.4 Å². The second kappa shape index (κ2) is 10.6. The molecule has 1 fully saturated rings. The Kier molecular flexibility index (Phi) is 7.03. The van der Waals surface area contributed by atoms with Crippen LogP contribution in [0.5, 0.6) is 0 Å². The van der Waals surface area contributed by atoms with E-state index in [0.717, 1.165) is 17.8 Å². The summed E-state index contributed by atoms with van der Waals surface area (Å²) in [7, 11) is 0. The number of carbonyl (C=O) groups is 1. The number of benzene rings is 2. The lowest BCUT2D eigenvalue weighted by Crippen LogP contribution is -2.36. The Hall–Kier alpha value is -4.21. The Morgan fingerprint density at radius 3 is 2.48 bits per heavy atom. The SMILES string of the molecule is O=C1N=C(N2CCC(c3nnn[nH]3)CC2)SC1=C(Cc1ccc(C(F)(F)F)cc1C(F)(F)F)c1ccc2[nH]ncc2c1. The van der Waals surface area contributed by atoms with Crippen LogP contribution < -0.4 is 0 Å². The summed E-state index contributed by atoms with van der Waals surface area (Å²) < 4.78 is 81.9. The summed E-state index contributed by atoms with van der Waals surface area (Å²) >= 11 is 1.05. The highest BCUT2D eigenvalue weighted by atomic mass is 32.2. The van der Waals surface area contributed by atoms with Crippen molar-refractivity contribution in [2.24, 2.45) is 4.99 Å². The van der Waals surface area contributed by atoms with Crippen molar-refractivity contribution >= 4 is 39.3 Å². The average Bonchev–Trinajstić information content (AvgIpc) is 3.72. The fraction of sp³-hybridized carbons (Fsp3) is 0.308. The van der Waals surface area contributed by atoms with Crippen LogP contribution in [-0.4, -0.2) is 59.9 Å². The molecule has 2 aliphatic heterocycles. The largest absolute Gasteiger partial charge is 0.416 e. The van der Waals surface area contributed by atoms with Gasteiger partial charge in [0.1, 0.15) is 0 Å². The molecule has 0 radical (unpaired) electrons. The Labute approximate surface area is 237 Å². The number of carbonyl (C=O) groups excluding carboxylic acids is 1. The number of allylic oxidation sites excluding steroid dienone is 1. The number of aromatic amines is 2. The van der Waals surface area contributed by atoms with E-state index >= 15 is 0 Å². The number of nitrogens with one attached hydrogen (secondary N) is 2. The van der Waals surface area contributed by atoms with E-state index in [0.29, 0.717) is 59.5 Å². The lowest BCUT2D eigenvalue weighted by molar-refractivity contribution is -0.143. The molecule has 2 aromatic carbocycles. The zero-order valence-electron chi connectivity index (χ0n) is 21.4. The van der Waals surface area contributed by atoms with Crippen molar-refractivity contribution in [2.45, 2.75) is 37.5 Å². The molecular weight excluding hydrogens is 586 g/mol. The minimum atomic E-state index is -5.06. The molecule has 4 heterocycles. The minimum Gasteiger partial charge on any atom is -0.351 e. The summed E-state index contributed by atoms with van der Waals surface area (Å²) in [5.74, 6) is 0.146. The summed E-state index contributed by atoms with van der Waals surface area (Å²) in [5, 5.41) is 21.7. The number of hydrogen-bond donors (Lipinski definition) is 2. The number of halogens is 6. The van der Waals surface area contributed by atoms with Gasteiger partial charge in [0.2, 0.25) is 0 Å². The second-order valence-electron chi connectivity index (χ2n) is 9.87. The highest BCUT2D eigenvalue weighted by Gasteiger charge is 2.39. The Morgan fingerprint density at radius 1 is 1.00 bits per heavy atom. The maximum Gasteiger partial charge on any atom is 0.416 e. The number of rotatable bonds is 4. The normalized spacial score (nSPS) is 18.2. The van der Waals surface area contributed by atoms with E-state index < -0.39 is 41.4 Å². The topological polar surface area (TPSA) is 116 Å². The summed E-state index contributed by atoms with van der Waals surface area (Å²) in [6.45, 7) is 1.09. The molecule has 2 aliphatic rings. The predicted molar refractivity (Wildman–Crippen MR) is 141 cm³/mol. The first kappa shape index (κ1) is 27.9. The van der Waals surface area contributed by atoms with Crippen molar-refractivity contribution in [3.8, 4) is 0 Å². The second-order valence-corrected chi connectivity index (χ2v) is 10.9. The number of fused-ring (bicyclic) bond motifs is 1. The van der Waals surface area contributed by atoms with Crippen LogP contribution in [0.4, 0.5) is 26.3 Å². The van der Waals surface area contributed by atoms with Crippen molar-refractivity contribution in [1.82, 2.24) is 35.7 Å². The maximum atomic E-state index is 14.0. The van der Waals surface area contributed by atoms with Gasteiger partial charge in [0.15, 0.2) is 11.0 Å². The number of nitrogens with zero attached hydrogens (tertiary/aromatic N) is 6. The van der Waals surface area contributed by atoms with Gasteiger partial charge in [0.25, 0.3) is 5.91 Å². The summed E-state index contributed by atoms with van der Waals surface area (Å²) in [6, 6.07) is 6.51. The van der Waals surface area contributed by atoms with E-state index in [1.807, 2.05) is 4.90 Å². The zero-order chi connectivity index (χ0) is 29.6. The van der Waals surface area contributed by atoms with E-state index in [1.165, 1.54) is 6.20 Å². The Bertz CT molecular complexity index is 1700. The third kappa shape index (κ3) is 5.49. The van der Waals surface area contributed by atoms with Gasteiger partial charge in [0, 0.05) is 24.4 Å². The quantitative estimate of drug-likeness (QED) is 0.230. The predicted octanol–water partition coefficient (Wildman–Crippen LogP) is 5.58. The van der Waals surface area contributed by atoms with E-state index in [4.69, 9.17) is 0 Å². The van der Waals surface area contributed by atoms with Gasteiger partial charge in [-0.3, -0.25) is 9.89 Å². The first-order valence-corrected chi connectivity index (χ1v) is 13.5. The molecule has 9 nitrogen and oxygen atoms in total. The fourth-order valence-corrected chi connectivity index (χ4v) is 6.18. The van der Waals surface area contributed by atoms with Crippen molar-refractivity contribution in [3.05, 3.63) is 75.6 Å². The fourth-order valence-electron chi connectivity index (χ4n) is 5.11. The van der Waals surface area contributed by atoms with Crippen LogP contribution >= 0.6 is 11.8 Å². The number of aromatic nitrogens is 6. The molecule has 1 amide bonds. The third-order valence-corrected chi connectivity index (χ3v) is 8.43. The van der Waals surface area contributed by atoms with Crippen LogP contribution in [-0.2, 0) is 23.6 Å². The molecule has 0 bridgehead atoms. The number of piperidine rings is 1. The lowest BCUT2D eigenvalue weighted by Gasteiger charge is -2.31. The number of alkyl halides is 6. The van der Waals surface area contributed by atoms with Crippen LogP contribution in [0.25, 0.3) is 16.5 Å². The van der Waals surface area contributed by atoms with Crippen molar-refractivity contribution in [3.63, 3.8) is 0 Å². The molecule has 2 aromatic heterocycles. The highest BCUT2D eigenvalue weighted by molar-refractivity contribution is 8.18. The molecule has 0 unspecified atom stereocenters. The van der Waals surface area contributed by atoms with Crippen LogP contribution in [0, 0.1) is 0 Å². The Balaban J connectivity index is 1.36. The van der Waals surface area contributed by atoms with Crippen LogP contribution in [0.15, 0.2) is 52.5 Å². The molecule has 218 valence electrons. The van der Waals surface area contributed by atoms with Crippen LogP contribution in [0.1, 0.15) is 46.8 Å². The van der Waals surface area contributed by atoms with Crippen molar-refractivity contribution in [2.75, 3.05) is 13.1 Å². The molecule has 0 aliphatic carbocycles. The van der Waals surface area contributed by atoms with Crippen molar-refractivity contribution < 1.29 is 31.1 Å². The smallest absolute Gasteiger partial charge is 0.351 e. The molecule has 16 heteroatoms. The zero-order valence-corrected chi connectivity index (χ0v) is 22.2. The third-order valence-electron chi connectivity index (χ3n) is 7.27. The van der Waals surface area contributed by atoms with Gasteiger partial charge >= 0.3 is 12.4 Å². The summed E-state index contributed by atoms with van der Waals surface area (Å²) in [5.41, 5.74) is -1.90. The van der Waals surface area contributed by atoms with Crippen LogP contribution in [0.3, 0.4) is 0 Å². The van der Waals surface area contributed by atoms with Gasteiger partial charge in [0.05, 0.1) is 27.7 Å². The first-order valence-electron chi connectivity index (χ1n) is 12.7. The molecule has 0 atom stereocenters. The van der Waals surface area contributed by atoms with Gasteiger partial charge in [-0.15, -0.1) is 5.10 Å². The number of likely N-dealkylation sites (tertiary alicyclic amines) is 1. The number of tetrazole rings is 1. The number of hydrogen-bond acceptors (Lipinski definition) is 7. The van der Waals surface area contributed by atoms with E-state index in [1.54, 1.807) is 18.2 Å². The summed E-state index contributed by atoms with van der Waals surface area (Å²) in [6.07, 6.45) is -7.56. The molecular formula is C26H20F6N8OS. The standard InChI is InChI=1S/C26H20F6N8OS/c27-25(28,29)17-3-1-15(19(11-17)26(30,31)32)10-18(14-2-4-20-16(9-14)12-33-35-20)21-23(41)34-24(42-21)40-7-5-13(6-8-40)22-36-38-39-37-22/h1-4,9,11-13H,5-8,10H2,(H,33,35)(H,36,37,38,39). The lowest BCUT2D eigenvalue weighted by atomic mass is 9.92. The van der Waals surface area contributed by atoms with E-state index in [-0.39, 0.29) is 22.5 Å². The van der Waals surface area contributed by atoms with Crippen LogP contribution in [0.2, 0.25) is 0 Å². The first-order chi connectivity index (χ1) is 20.0. The number of H-pyrrole nitrogens is 2. The molecule has 42 heavy (non-hydrogen) atoms. The van der Waals surface area contributed by atoms with E-state index in [9.17, 15) is 31.1 Å². The van der Waals surface area contributed by atoms with Gasteiger partial charge in [-0.05, 0) is 82.4 Å². The molecule has 0 saturated carbocycles. The van der Waals surface area contributed by atoms with Gasteiger partial charge < -0.3 is 4.90 Å². The Morgan fingerprint density at radius 2 is 1.79 bits per heavy atom. The van der Waals surface area contributed by atoms with E-state index in [2.05, 4.69) is 35.8 Å². The molecule has 6 rings (SSSR count). The number of thioether (sulfide) groups is 1. The number of amidine groups is 1. The monoisotopic (exact) mass is 606 g/mol.